The smallest absolute Gasteiger partial charge is 0.149 e. The highest BCUT2D eigenvalue weighted by Gasteiger charge is 2.06. The lowest BCUT2D eigenvalue weighted by molar-refractivity contribution is -0.104. The fraction of sp³-hybridized carbons (Fsp3) is 0.706. The first kappa shape index (κ1) is 20.0. The van der Waals surface area contributed by atoms with E-state index in [4.69, 9.17) is 10.5 Å². The Kier molecular flexibility index (Phi) is 13.3. The van der Waals surface area contributed by atoms with Gasteiger partial charge in [-0.15, -0.1) is 0 Å². The average Bonchev–Trinajstić information content (AvgIpc) is 2.49. The van der Waals surface area contributed by atoms with Gasteiger partial charge in [0.2, 0.25) is 0 Å². The molecule has 0 heterocycles. The summed E-state index contributed by atoms with van der Waals surface area (Å²) in [4.78, 5) is 10.8. The molecular formula is C17H32N2O2. The summed E-state index contributed by atoms with van der Waals surface area (Å²) in [7, 11) is 1.98. The zero-order chi connectivity index (χ0) is 15.9. The molecule has 0 aliphatic heterocycles. The van der Waals surface area contributed by atoms with Crippen LogP contribution in [0.25, 0.3) is 0 Å². The first-order valence-corrected chi connectivity index (χ1v) is 7.90. The van der Waals surface area contributed by atoms with Crippen molar-refractivity contribution in [2.45, 2.75) is 39.5 Å². The van der Waals surface area contributed by atoms with Gasteiger partial charge in [0, 0.05) is 12.2 Å². The Morgan fingerprint density at radius 2 is 2.10 bits per heavy atom. The zero-order valence-electron chi connectivity index (χ0n) is 13.9. The van der Waals surface area contributed by atoms with Crippen molar-refractivity contribution in [3.05, 3.63) is 23.3 Å². The highest BCUT2D eigenvalue weighted by Crippen LogP contribution is 2.14. The molecule has 0 fully saturated rings. The highest BCUT2D eigenvalue weighted by molar-refractivity contribution is 5.79. The number of hydrogen-bond acceptors (Lipinski definition) is 4. The van der Waals surface area contributed by atoms with E-state index >= 15 is 0 Å². The number of hydrogen-bond donors (Lipinski definition) is 2. The molecule has 0 radical (unpaired) electrons. The lowest BCUT2D eigenvalue weighted by atomic mass is 9.96. The first-order chi connectivity index (χ1) is 10.2. The number of nitrogens with two attached hydrogens (primary N) is 1. The van der Waals surface area contributed by atoms with Gasteiger partial charge in [0.25, 0.3) is 0 Å². The molecule has 0 saturated carbocycles. The zero-order valence-corrected chi connectivity index (χ0v) is 13.9. The predicted octanol–water partition coefficient (Wildman–Crippen LogP) is 2.45. The Balaban J connectivity index is 3.83. The van der Waals surface area contributed by atoms with E-state index in [1.54, 1.807) is 0 Å². The van der Waals surface area contributed by atoms with E-state index in [9.17, 15) is 4.79 Å². The molecule has 0 amide bonds. The van der Waals surface area contributed by atoms with E-state index in [-0.39, 0.29) is 0 Å². The van der Waals surface area contributed by atoms with Crippen LogP contribution in [0.15, 0.2) is 23.3 Å². The summed E-state index contributed by atoms with van der Waals surface area (Å²) in [5.74, 6) is 0.688. The second kappa shape index (κ2) is 14.0. The third-order valence-corrected chi connectivity index (χ3v) is 3.68. The molecule has 0 aliphatic carbocycles. The second-order valence-corrected chi connectivity index (χ2v) is 5.30. The summed E-state index contributed by atoms with van der Waals surface area (Å²) >= 11 is 0. The molecule has 4 heteroatoms. The summed E-state index contributed by atoms with van der Waals surface area (Å²) in [5, 5.41) is 3.19. The van der Waals surface area contributed by atoms with Gasteiger partial charge in [0.1, 0.15) is 6.29 Å². The van der Waals surface area contributed by atoms with E-state index < -0.39 is 0 Å². The van der Waals surface area contributed by atoms with Crippen molar-refractivity contribution in [3.63, 3.8) is 0 Å². The molecule has 1 atom stereocenters. The van der Waals surface area contributed by atoms with E-state index in [0.29, 0.717) is 12.5 Å². The van der Waals surface area contributed by atoms with Crippen molar-refractivity contribution < 1.29 is 9.53 Å². The number of carbonyl (C=O) groups excluding carboxylic acids is 1. The van der Waals surface area contributed by atoms with Crippen molar-refractivity contribution >= 4 is 6.29 Å². The fourth-order valence-electron chi connectivity index (χ4n) is 2.27. The summed E-state index contributed by atoms with van der Waals surface area (Å²) in [6, 6.07) is 0. The summed E-state index contributed by atoms with van der Waals surface area (Å²) in [6.45, 7) is 6.93. The molecule has 0 aliphatic rings. The van der Waals surface area contributed by atoms with Gasteiger partial charge in [-0.2, -0.15) is 0 Å². The molecule has 0 rings (SSSR count). The van der Waals surface area contributed by atoms with Gasteiger partial charge in [-0.3, -0.25) is 4.79 Å². The van der Waals surface area contributed by atoms with E-state index in [1.807, 2.05) is 33.0 Å². The number of allylic oxidation sites excluding steroid dienone is 3. The average molecular weight is 296 g/mol. The largest absolute Gasteiger partial charge is 0.377 e. The van der Waals surface area contributed by atoms with Crippen molar-refractivity contribution in [1.29, 1.82) is 0 Å². The minimum Gasteiger partial charge on any atom is -0.377 e. The molecule has 0 bridgehead atoms. The van der Waals surface area contributed by atoms with Crippen LogP contribution in [0.4, 0.5) is 0 Å². The summed E-state index contributed by atoms with van der Waals surface area (Å²) in [5.41, 5.74) is 7.35. The van der Waals surface area contributed by atoms with Crippen LogP contribution >= 0.6 is 0 Å². The number of aldehydes is 1. The summed E-state index contributed by atoms with van der Waals surface area (Å²) in [6.07, 6.45) is 9.15. The van der Waals surface area contributed by atoms with Crippen LogP contribution < -0.4 is 11.1 Å². The van der Waals surface area contributed by atoms with Crippen molar-refractivity contribution in [2.75, 3.05) is 33.4 Å². The maximum Gasteiger partial charge on any atom is 0.149 e. The topological polar surface area (TPSA) is 64.3 Å². The number of carbonyl (C=O) groups is 1. The van der Waals surface area contributed by atoms with Crippen molar-refractivity contribution in [2.24, 2.45) is 11.7 Å². The Hall–Kier alpha value is -0.970. The molecule has 0 aromatic carbocycles. The normalized spacial score (nSPS) is 14.3. The first-order valence-electron chi connectivity index (χ1n) is 7.90. The lowest BCUT2D eigenvalue weighted by Gasteiger charge is -2.15. The SMILES string of the molecule is C/C=C(C=O)\C(C)=C/COCCCC(CCN)CCNC. The Bertz CT molecular complexity index is 325. The second-order valence-electron chi connectivity index (χ2n) is 5.30. The molecule has 122 valence electrons. The van der Waals surface area contributed by atoms with Crippen molar-refractivity contribution in [1.82, 2.24) is 5.32 Å². The maximum absolute atomic E-state index is 10.8. The molecule has 0 spiro atoms. The Morgan fingerprint density at radius 1 is 1.33 bits per heavy atom. The van der Waals surface area contributed by atoms with Crippen LogP contribution in [0, 0.1) is 5.92 Å². The van der Waals surface area contributed by atoms with Crippen LogP contribution in [-0.4, -0.2) is 39.6 Å². The molecule has 0 saturated heterocycles. The fourth-order valence-corrected chi connectivity index (χ4v) is 2.27. The minimum atomic E-state index is 0.565. The van der Waals surface area contributed by atoms with Crippen LogP contribution in [0.3, 0.4) is 0 Å². The Morgan fingerprint density at radius 3 is 2.67 bits per heavy atom. The number of nitrogens with one attached hydrogen (secondary N) is 1. The molecule has 21 heavy (non-hydrogen) atoms. The predicted molar refractivity (Wildman–Crippen MR) is 89.3 cm³/mol. The quantitative estimate of drug-likeness (QED) is 0.237. The standard InChI is InChI=1S/C17H32N2O2/c1-4-17(14-20)15(2)9-13-21-12-5-6-16(7-10-18)8-11-19-3/h4,9,14,16,19H,5-8,10-13,18H2,1-3H3/b15-9-,17-4-. The molecule has 0 aromatic rings. The number of rotatable bonds is 13. The van der Waals surface area contributed by atoms with Gasteiger partial charge in [0.05, 0.1) is 6.61 Å². The summed E-state index contributed by atoms with van der Waals surface area (Å²) < 4.78 is 5.61. The van der Waals surface area contributed by atoms with Gasteiger partial charge in [-0.05, 0) is 71.2 Å². The molecule has 4 nitrogen and oxygen atoms in total. The third kappa shape index (κ3) is 10.4. The van der Waals surface area contributed by atoms with E-state index in [1.165, 1.54) is 6.42 Å². The van der Waals surface area contributed by atoms with Crippen LogP contribution in [0.5, 0.6) is 0 Å². The molecular weight excluding hydrogens is 264 g/mol. The monoisotopic (exact) mass is 296 g/mol. The van der Waals surface area contributed by atoms with Crippen LogP contribution in [0.2, 0.25) is 0 Å². The number of ether oxygens (including phenoxy) is 1. The lowest BCUT2D eigenvalue weighted by Crippen LogP contribution is -2.16. The van der Waals surface area contributed by atoms with Gasteiger partial charge >= 0.3 is 0 Å². The van der Waals surface area contributed by atoms with E-state index in [0.717, 1.165) is 56.4 Å². The van der Waals surface area contributed by atoms with Crippen molar-refractivity contribution in [3.8, 4) is 0 Å². The van der Waals surface area contributed by atoms with Gasteiger partial charge < -0.3 is 15.8 Å². The molecule has 3 N–H and O–H groups in total. The highest BCUT2D eigenvalue weighted by atomic mass is 16.5. The third-order valence-electron chi connectivity index (χ3n) is 3.68. The molecule has 0 aromatic heterocycles. The van der Waals surface area contributed by atoms with Gasteiger partial charge in [-0.1, -0.05) is 12.2 Å². The minimum absolute atomic E-state index is 0.565. The maximum atomic E-state index is 10.8. The Labute approximate surface area is 129 Å². The van der Waals surface area contributed by atoms with Crippen LogP contribution in [-0.2, 0) is 9.53 Å². The van der Waals surface area contributed by atoms with E-state index in [2.05, 4.69) is 5.32 Å². The van der Waals surface area contributed by atoms with Crippen LogP contribution in [0.1, 0.15) is 39.5 Å². The van der Waals surface area contributed by atoms with Gasteiger partial charge in [0.15, 0.2) is 0 Å². The van der Waals surface area contributed by atoms with Gasteiger partial charge in [-0.25, -0.2) is 0 Å². The molecule has 1 unspecified atom stereocenters.